The Bertz CT molecular complexity index is 1580. The Kier molecular flexibility index (Phi) is 11.5. The fourth-order valence-corrected chi connectivity index (χ4v) is 5.75. The van der Waals surface area contributed by atoms with Gasteiger partial charge in [-0.2, -0.15) is 0 Å². The number of rotatable bonds is 13. The van der Waals surface area contributed by atoms with Crippen LogP contribution in [0.2, 0.25) is 10.0 Å². The summed E-state index contributed by atoms with van der Waals surface area (Å²) in [6.07, 6.45) is 1.05. The van der Waals surface area contributed by atoms with Crippen molar-refractivity contribution in [1.29, 1.82) is 0 Å². The normalized spacial score (nSPS) is 12.1. The Labute approximate surface area is 261 Å². The molecule has 0 fully saturated rings. The van der Waals surface area contributed by atoms with Gasteiger partial charge in [-0.3, -0.25) is 24.0 Å². The van der Waals surface area contributed by atoms with E-state index in [0.717, 1.165) is 22.2 Å². The Morgan fingerprint density at radius 1 is 1.02 bits per heavy atom. The van der Waals surface area contributed by atoms with Crippen molar-refractivity contribution in [2.24, 2.45) is 5.92 Å². The number of nitrogens with one attached hydrogen (secondary N) is 1. The largest absolute Gasteiger partial charge is 0.354 e. The summed E-state index contributed by atoms with van der Waals surface area (Å²) >= 11 is 12.6. The molecule has 0 radical (unpaired) electrons. The number of hydrogen-bond donors (Lipinski definition) is 1. The van der Waals surface area contributed by atoms with Crippen LogP contribution in [0.15, 0.2) is 66.7 Å². The van der Waals surface area contributed by atoms with Crippen LogP contribution in [0, 0.1) is 23.0 Å². The molecule has 1 atom stereocenters. The summed E-state index contributed by atoms with van der Waals surface area (Å²) < 4.78 is 26.9. The van der Waals surface area contributed by atoms with Crippen LogP contribution in [0.4, 0.5) is 11.4 Å². The Hall–Kier alpha value is -3.67. The monoisotopic (exact) mass is 648 g/mol. The van der Waals surface area contributed by atoms with Gasteiger partial charge in [0.05, 0.1) is 16.9 Å². The van der Waals surface area contributed by atoms with Crippen molar-refractivity contribution >= 4 is 56.4 Å². The first-order chi connectivity index (χ1) is 20.2. The maximum absolute atomic E-state index is 14.2. The zero-order valence-electron chi connectivity index (χ0n) is 24.3. The van der Waals surface area contributed by atoms with Crippen molar-refractivity contribution in [2.75, 3.05) is 23.7 Å². The summed E-state index contributed by atoms with van der Waals surface area (Å²) in [7, 11) is -4.11. The molecule has 10 nitrogen and oxygen atoms in total. The van der Waals surface area contributed by atoms with Crippen molar-refractivity contribution in [3.63, 3.8) is 0 Å². The Balaban J connectivity index is 2.13. The van der Waals surface area contributed by atoms with Gasteiger partial charge in [-0.1, -0.05) is 79.5 Å². The molecule has 3 rings (SSSR count). The Morgan fingerprint density at radius 2 is 1.70 bits per heavy atom. The lowest BCUT2D eigenvalue weighted by Crippen LogP contribution is -2.53. The molecule has 3 aromatic carbocycles. The van der Waals surface area contributed by atoms with Gasteiger partial charge in [0.2, 0.25) is 21.8 Å². The number of nitro groups is 1. The van der Waals surface area contributed by atoms with Gasteiger partial charge >= 0.3 is 0 Å². The number of aryl methyl sites for hydroxylation is 1. The number of carbonyl (C=O) groups excluding carboxylic acids is 2. The number of sulfonamides is 1. The number of carbonyl (C=O) groups is 2. The highest BCUT2D eigenvalue weighted by Crippen LogP contribution is 2.29. The molecule has 3 aromatic rings. The van der Waals surface area contributed by atoms with Crippen LogP contribution >= 0.6 is 23.2 Å². The standard InChI is InChI=1S/C30H34Cl2N4O6S/c1-20(2)17-33-30(38)28(14-22-8-6-5-7-9-22)34(18-23-11-12-24(31)15-26(23)32)29(37)19-35(43(4,41)42)27-16-25(36(39)40)13-10-21(27)3/h5-13,15-16,20,28H,14,17-19H2,1-4H3,(H,33,38). The first-order valence-corrected chi connectivity index (χ1v) is 16.1. The number of amides is 2. The number of nitrogens with zero attached hydrogens (tertiary/aromatic N) is 3. The SMILES string of the molecule is Cc1ccc([N+](=O)[O-])cc1N(CC(=O)N(Cc1ccc(Cl)cc1Cl)C(Cc1ccccc1)C(=O)NCC(C)C)S(C)(=O)=O. The van der Waals surface area contributed by atoms with E-state index >= 15 is 0 Å². The van der Waals surface area contributed by atoms with Crippen molar-refractivity contribution in [3.8, 4) is 0 Å². The van der Waals surface area contributed by atoms with E-state index < -0.39 is 39.3 Å². The number of halogens is 2. The molecule has 0 aromatic heterocycles. The summed E-state index contributed by atoms with van der Waals surface area (Å²) in [4.78, 5) is 40.0. The Morgan fingerprint density at radius 3 is 2.28 bits per heavy atom. The van der Waals surface area contributed by atoms with Gasteiger partial charge in [0.1, 0.15) is 12.6 Å². The molecule has 43 heavy (non-hydrogen) atoms. The van der Waals surface area contributed by atoms with Crippen LogP contribution in [0.3, 0.4) is 0 Å². The highest BCUT2D eigenvalue weighted by molar-refractivity contribution is 7.92. The summed E-state index contributed by atoms with van der Waals surface area (Å²) in [5.41, 5.74) is 1.33. The second-order valence-electron chi connectivity index (χ2n) is 10.6. The topological polar surface area (TPSA) is 130 Å². The van der Waals surface area contributed by atoms with Gasteiger partial charge < -0.3 is 10.2 Å². The highest BCUT2D eigenvalue weighted by Gasteiger charge is 2.34. The molecule has 0 aliphatic rings. The third-order valence-electron chi connectivity index (χ3n) is 6.66. The molecule has 230 valence electrons. The molecule has 0 bridgehead atoms. The molecule has 0 spiro atoms. The van der Waals surface area contributed by atoms with Crippen LogP contribution in [0.25, 0.3) is 0 Å². The first kappa shape index (κ1) is 33.8. The number of benzene rings is 3. The predicted molar refractivity (Wildman–Crippen MR) is 169 cm³/mol. The predicted octanol–water partition coefficient (Wildman–Crippen LogP) is 5.39. The molecule has 0 saturated carbocycles. The number of non-ortho nitro benzene ring substituents is 1. The molecule has 0 aliphatic heterocycles. The van der Waals surface area contributed by atoms with Crippen LogP contribution in [0.1, 0.15) is 30.5 Å². The minimum Gasteiger partial charge on any atom is -0.354 e. The second-order valence-corrected chi connectivity index (χ2v) is 13.3. The second kappa shape index (κ2) is 14.7. The van der Waals surface area contributed by atoms with Crippen molar-refractivity contribution in [2.45, 2.75) is 39.8 Å². The van der Waals surface area contributed by atoms with E-state index in [0.29, 0.717) is 22.7 Å². The maximum Gasteiger partial charge on any atom is 0.271 e. The molecule has 13 heteroatoms. The van der Waals surface area contributed by atoms with E-state index in [1.54, 1.807) is 19.1 Å². The van der Waals surface area contributed by atoms with Gasteiger partial charge in [0.25, 0.3) is 5.69 Å². The maximum atomic E-state index is 14.2. The summed E-state index contributed by atoms with van der Waals surface area (Å²) in [6.45, 7) is 4.98. The average Bonchev–Trinajstić information content (AvgIpc) is 2.93. The molecular weight excluding hydrogens is 615 g/mol. The molecule has 1 N–H and O–H groups in total. The molecular formula is C30H34Cl2N4O6S. The van der Waals surface area contributed by atoms with E-state index in [1.807, 2.05) is 44.2 Å². The van der Waals surface area contributed by atoms with Gasteiger partial charge in [-0.15, -0.1) is 0 Å². The zero-order chi connectivity index (χ0) is 31.9. The van der Waals surface area contributed by atoms with E-state index in [-0.39, 0.29) is 35.3 Å². The molecule has 1 unspecified atom stereocenters. The molecule has 0 saturated heterocycles. The summed E-state index contributed by atoms with van der Waals surface area (Å²) in [5.74, 6) is -0.995. The minimum absolute atomic E-state index is 0.0154. The van der Waals surface area contributed by atoms with Crippen molar-refractivity contribution in [3.05, 3.63) is 104 Å². The number of hydrogen-bond acceptors (Lipinski definition) is 6. The zero-order valence-corrected chi connectivity index (χ0v) is 26.6. The lowest BCUT2D eigenvalue weighted by atomic mass is 10.0. The lowest BCUT2D eigenvalue weighted by Gasteiger charge is -2.34. The molecule has 0 aliphatic carbocycles. The highest BCUT2D eigenvalue weighted by atomic mass is 35.5. The third-order valence-corrected chi connectivity index (χ3v) is 8.38. The average molecular weight is 650 g/mol. The van der Waals surface area contributed by atoms with Crippen molar-refractivity contribution in [1.82, 2.24) is 10.2 Å². The van der Waals surface area contributed by atoms with Crippen LogP contribution in [-0.4, -0.2) is 55.4 Å². The summed E-state index contributed by atoms with van der Waals surface area (Å²) in [6, 6.07) is 16.6. The van der Waals surface area contributed by atoms with Crippen LogP contribution in [0.5, 0.6) is 0 Å². The van der Waals surface area contributed by atoms with Crippen LogP contribution < -0.4 is 9.62 Å². The fourth-order valence-electron chi connectivity index (χ4n) is 4.38. The van der Waals surface area contributed by atoms with Gasteiger partial charge in [-0.25, -0.2) is 8.42 Å². The van der Waals surface area contributed by atoms with Crippen LogP contribution in [-0.2, 0) is 32.6 Å². The van der Waals surface area contributed by atoms with Gasteiger partial charge in [0.15, 0.2) is 0 Å². The van der Waals surface area contributed by atoms with E-state index in [9.17, 15) is 28.1 Å². The third kappa shape index (κ3) is 9.41. The van der Waals surface area contributed by atoms with Gasteiger partial charge in [-0.05, 0) is 41.7 Å². The summed E-state index contributed by atoms with van der Waals surface area (Å²) in [5, 5.41) is 15.0. The quantitative estimate of drug-likeness (QED) is 0.195. The minimum atomic E-state index is -4.11. The van der Waals surface area contributed by atoms with E-state index in [2.05, 4.69) is 5.32 Å². The number of anilines is 1. The van der Waals surface area contributed by atoms with Crippen molar-refractivity contribution < 1.29 is 22.9 Å². The molecule has 0 heterocycles. The smallest absolute Gasteiger partial charge is 0.271 e. The lowest BCUT2D eigenvalue weighted by molar-refractivity contribution is -0.384. The number of nitro benzene ring substituents is 1. The fraction of sp³-hybridized carbons (Fsp3) is 0.333. The van der Waals surface area contributed by atoms with E-state index in [4.69, 9.17) is 23.2 Å². The van der Waals surface area contributed by atoms with Gasteiger partial charge in [0, 0.05) is 41.7 Å². The first-order valence-electron chi connectivity index (χ1n) is 13.4. The molecule has 2 amide bonds. The van der Waals surface area contributed by atoms with E-state index in [1.165, 1.54) is 23.1 Å².